The summed E-state index contributed by atoms with van der Waals surface area (Å²) >= 11 is 3.41. The molecule has 1 amide bonds. The van der Waals surface area contributed by atoms with Crippen molar-refractivity contribution >= 4 is 21.8 Å². The van der Waals surface area contributed by atoms with Crippen LogP contribution in [0.15, 0.2) is 33.3 Å². The molecule has 2 heterocycles. The highest BCUT2D eigenvalue weighted by atomic mass is 79.9. The molecule has 1 aliphatic rings. The number of rotatable bonds is 5. The summed E-state index contributed by atoms with van der Waals surface area (Å²) in [5.41, 5.74) is 0.907. The van der Waals surface area contributed by atoms with E-state index >= 15 is 0 Å². The van der Waals surface area contributed by atoms with Crippen LogP contribution in [0, 0.1) is 0 Å². The van der Waals surface area contributed by atoms with Crippen LogP contribution >= 0.6 is 15.9 Å². The fraction of sp³-hybridized carbons (Fsp3) is 0.471. The van der Waals surface area contributed by atoms with Gasteiger partial charge < -0.3 is 9.42 Å². The molecular formula is C17H20BrN3O2. The number of carbonyl (C=O) groups excluding carboxylic acids is 1. The first kappa shape index (κ1) is 16.2. The van der Waals surface area contributed by atoms with Gasteiger partial charge in [0.05, 0.1) is 0 Å². The van der Waals surface area contributed by atoms with Crippen LogP contribution in [-0.2, 0) is 4.79 Å². The predicted octanol–water partition coefficient (Wildman–Crippen LogP) is 4.35. The molecule has 23 heavy (non-hydrogen) atoms. The number of carbonyl (C=O) groups is 1. The Morgan fingerprint density at radius 2 is 2.17 bits per heavy atom. The van der Waals surface area contributed by atoms with E-state index in [2.05, 4.69) is 33.0 Å². The van der Waals surface area contributed by atoms with Gasteiger partial charge in [-0.3, -0.25) is 4.79 Å². The Hall–Kier alpha value is -1.69. The van der Waals surface area contributed by atoms with Gasteiger partial charge in [0.2, 0.25) is 17.6 Å². The van der Waals surface area contributed by atoms with Gasteiger partial charge in [0.15, 0.2) is 0 Å². The highest BCUT2D eigenvalue weighted by Crippen LogP contribution is 2.32. The molecule has 0 radical (unpaired) electrons. The van der Waals surface area contributed by atoms with E-state index in [1.165, 1.54) is 0 Å². The van der Waals surface area contributed by atoms with E-state index in [1.807, 2.05) is 29.2 Å². The molecule has 1 aromatic carbocycles. The summed E-state index contributed by atoms with van der Waals surface area (Å²) in [6, 6.07) is 7.70. The van der Waals surface area contributed by atoms with Crippen LogP contribution in [0.2, 0.25) is 0 Å². The molecule has 5 nitrogen and oxygen atoms in total. The van der Waals surface area contributed by atoms with E-state index in [0.717, 1.165) is 42.3 Å². The Morgan fingerprint density at radius 1 is 1.39 bits per heavy atom. The van der Waals surface area contributed by atoms with Gasteiger partial charge in [-0.15, -0.1) is 0 Å². The van der Waals surface area contributed by atoms with E-state index in [1.54, 1.807) is 0 Å². The van der Waals surface area contributed by atoms with E-state index in [0.29, 0.717) is 18.1 Å². The fourth-order valence-corrected chi connectivity index (χ4v) is 3.14. The third-order valence-corrected chi connectivity index (χ3v) is 4.68. The Balaban J connectivity index is 1.76. The van der Waals surface area contributed by atoms with Crippen LogP contribution in [0.25, 0.3) is 11.4 Å². The molecule has 1 fully saturated rings. The van der Waals surface area contributed by atoms with Gasteiger partial charge in [0, 0.05) is 23.0 Å². The largest absolute Gasteiger partial charge is 0.337 e. The van der Waals surface area contributed by atoms with Gasteiger partial charge in [0.1, 0.15) is 6.04 Å². The zero-order valence-corrected chi connectivity index (χ0v) is 14.8. The van der Waals surface area contributed by atoms with Gasteiger partial charge in [0.25, 0.3) is 0 Å². The fourth-order valence-electron chi connectivity index (χ4n) is 2.88. The maximum atomic E-state index is 12.3. The average Bonchev–Trinajstić information content (AvgIpc) is 3.21. The summed E-state index contributed by atoms with van der Waals surface area (Å²) in [7, 11) is 0. The molecule has 3 rings (SSSR count). The molecule has 1 saturated heterocycles. The first-order valence-electron chi connectivity index (χ1n) is 8.08. The first-order chi connectivity index (χ1) is 11.2. The van der Waals surface area contributed by atoms with E-state index < -0.39 is 0 Å². The molecule has 1 unspecified atom stereocenters. The minimum Gasteiger partial charge on any atom is -0.337 e. The van der Waals surface area contributed by atoms with Crippen molar-refractivity contribution in [2.24, 2.45) is 0 Å². The molecule has 0 spiro atoms. The third-order valence-electron chi connectivity index (χ3n) is 4.15. The molecule has 1 atom stereocenters. The van der Waals surface area contributed by atoms with Gasteiger partial charge in [-0.2, -0.15) is 4.98 Å². The summed E-state index contributed by atoms with van der Waals surface area (Å²) in [6.07, 6.45) is 4.42. The standard InChI is InChI=1S/C17H20BrN3O2/c1-2-3-6-15(22)21-11-4-5-14(21)17-19-16(20-23-17)12-7-9-13(18)10-8-12/h7-10,14H,2-6,11H2,1H3. The second-order valence-corrected chi connectivity index (χ2v) is 6.73. The van der Waals surface area contributed by atoms with E-state index in [4.69, 9.17) is 4.52 Å². The summed E-state index contributed by atoms with van der Waals surface area (Å²) in [5, 5.41) is 4.08. The van der Waals surface area contributed by atoms with Crippen LogP contribution in [0.3, 0.4) is 0 Å². The number of halogens is 1. The Kier molecular flexibility index (Phi) is 5.10. The number of amides is 1. The lowest BCUT2D eigenvalue weighted by Gasteiger charge is -2.21. The Labute approximate surface area is 144 Å². The van der Waals surface area contributed by atoms with Gasteiger partial charge in [-0.05, 0) is 43.5 Å². The highest BCUT2D eigenvalue weighted by molar-refractivity contribution is 9.10. The van der Waals surface area contributed by atoms with Gasteiger partial charge in [-0.1, -0.05) is 34.4 Å². The monoisotopic (exact) mass is 377 g/mol. The van der Waals surface area contributed by atoms with Crippen LogP contribution in [0.1, 0.15) is 51.0 Å². The van der Waals surface area contributed by atoms with E-state index in [9.17, 15) is 4.79 Å². The number of likely N-dealkylation sites (tertiary alicyclic amines) is 1. The molecule has 0 N–H and O–H groups in total. The Bertz CT molecular complexity index is 669. The highest BCUT2D eigenvalue weighted by Gasteiger charge is 2.33. The second kappa shape index (κ2) is 7.25. The minimum absolute atomic E-state index is 0.0731. The number of aromatic nitrogens is 2. The van der Waals surface area contributed by atoms with Crippen molar-refractivity contribution in [3.63, 3.8) is 0 Å². The van der Waals surface area contributed by atoms with Crippen LogP contribution < -0.4 is 0 Å². The van der Waals surface area contributed by atoms with Crippen LogP contribution in [-0.4, -0.2) is 27.5 Å². The van der Waals surface area contributed by atoms with Crippen molar-refractivity contribution in [3.05, 3.63) is 34.6 Å². The summed E-state index contributed by atoms with van der Waals surface area (Å²) < 4.78 is 6.46. The number of hydrogen-bond acceptors (Lipinski definition) is 4. The molecule has 2 aromatic rings. The molecule has 0 bridgehead atoms. The number of nitrogens with zero attached hydrogens (tertiary/aromatic N) is 3. The number of hydrogen-bond donors (Lipinski definition) is 0. The molecule has 1 aromatic heterocycles. The zero-order valence-electron chi connectivity index (χ0n) is 13.2. The zero-order chi connectivity index (χ0) is 16.2. The molecule has 1 aliphatic heterocycles. The van der Waals surface area contributed by atoms with Gasteiger partial charge >= 0.3 is 0 Å². The smallest absolute Gasteiger partial charge is 0.249 e. The minimum atomic E-state index is -0.0731. The maximum absolute atomic E-state index is 12.3. The van der Waals surface area contributed by atoms with Crippen molar-refractivity contribution in [3.8, 4) is 11.4 Å². The third kappa shape index (κ3) is 3.63. The molecule has 6 heteroatoms. The Morgan fingerprint density at radius 3 is 2.91 bits per heavy atom. The lowest BCUT2D eigenvalue weighted by atomic mass is 10.2. The van der Waals surface area contributed by atoms with Crippen LogP contribution in [0.4, 0.5) is 0 Å². The van der Waals surface area contributed by atoms with E-state index in [-0.39, 0.29) is 11.9 Å². The quantitative estimate of drug-likeness (QED) is 0.776. The molecule has 0 saturated carbocycles. The van der Waals surface area contributed by atoms with Crippen molar-refractivity contribution in [1.82, 2.24) is 15.0 Å². The summed E-state index contributed by atoms with van der Waals surface area (Å²) in [5.74, 6) is 1.31. The molecule has 122 valence electrons. The SMILES string of the molecule is CCCCC(=O)N1CCCC1c1nc(-c2ccc(Br)cc2)no1. The maximum Gasteiger partial charge on any atom is 0.249 e. The summed E-state index contributed by atoms with van der Waals surface area (Å²) in [6.45, 7) is 2.88. The summed E-state index contributed by atoms with van der Waals surface area (Å²) in [4.78, 5) is 18.7. The molecule has 0 aliphatic carbocycles. The topological polar surface area (TPSA) is 59.2 Å². The lowest BCUT2D eigenvalue weighted by molar-refractivity contribution is -0.132. The van der Waals surface area contributed by atoms with Crippen LogP contribution in [0.5, 0.6) is 0 Å². The average molecular weight is 378 g/mol. The van der Waals surface area contributed by atoms with Gasteiger partial charge in [-0.25, -0.2) is 0 Å². The number of unbranched alkanes of at least 4 members (excludes halogenated alkanes) is 1. The van der Waals surface area contributed by atoms with Crippen molar-refractivity contribution in [1.29, 1.82) is 0 Å². The van der Waals surface area contributed by atoms with Crippen molar-refractivity contribution in [2.75, 3.05) is 6.54 Å². The van der Waals surface area contributed by atoms with Crippen molar-refractivity contribution < 1.29 is 9.32 Å². The normalized spacial score (nSPS) is 17.7. The number of benzene rings is 1. The predicted molar refractivity (Wildman–Crippen MR) is 90.6 cm³/mol. The van der Waals surface area contributed by atoms with Crippen molar-refractivity contribution in [2.45, 2.75) is 45.1 Å². The lowest BCUT2D eigenvalue weighted by Crippen LogP contribution is -2.30. The second-order valence-electron chi connectivity index (χ2n) is 5.81. The first-order valence-corrected chi connectivity index (χ1v) is 8.87. The molecular weight excluding hydrogens is 358 g/mol.